The molecule has 0 N–H and O–H groups in total. The number of hydrogen-bond donors (Lipinski definition) is 0. The summed E-state index contributed by atoms with van der Waals surface area (Å²) in [4.78, 5) is 4.94. The van der Waals surface area contributed by atoms with Gasteiger partial charge in [0.25, 0.3) is 0 Å². The summed E-state index contributed by atoms with van der Waals surface area (Å²) in [5.74, 6) is 5.45. The average Bonchev–Trinajstić information content (AvgIpc) is 3.09. The Morgan fingerprint density at radius 2 is 1.36 bits per heavy atom. The van der Waals surface area contributed by atoms with Crippen LogP contribution in [0.5, 0.6) is 46.0 Å². The van der Waals surface area contributed by atoms with Crippen molar-refractivity contribution in [2.45, 2.75) is 44.7 Å². The number of ether oxygens (including phenoxy) is 6. The molecule has 0 unspecified atom stereocenters. The molecular formula is C39H44N2O6. The second-order valence-electron chi connectivity index (χ2n) is 12.6. The van der Waals surface area contributed by atoms with Gasteiger partial charge in [0.05, 0.1) is 28.4 Å². The van der Waals surface area contributed by atoms with Crippen LogP contribution in [-0.2, 0) is 25.7 Å². The van der Waals surface area contributed by atoms with Crippen LogP contribution in [0.15, 0.2) is 60.7 Å². The van der Waals surface area contributed by atoms with Gasteiger partial charge < -0.3 is 28.4 Å². The molecule has 8 heteroatoms. The molecule has 0 aromatic heterocycles. The number of hydrogen-bond acceptors (Lipinski definition) is 8. The minimum atomic E-state index is 0.0143. The van der Waals surface area contributed by atoms with E-state index in [4.69, 9.17) is 28.4 Å². The van der Waals surface area contributed by atoms with Crippen molar-refractivity contribution in [1.82, 2.24) is 9.80 Å². The molecule has 0 aliphatic carbocycles. The van der Waals surface area contributed by atoms with Gasteiger partial charge >= 0.3 is 0 Å². The molecule has 6 bridgehead atoms. The van der Waals surface area contributed by atoms with Crippen LogP contribution < -0.4 is 28.4 Å². The van der Waals surface area contributed by atoms with Crippen molar-refractivity contribution in [3.8, 4) is 46.0 Å². The summed E-state index contributed by atoms with van der Waals surface area (Å²) < 4.78 is 37.3. The Hall–Kier alpha value is -4.40. The molecule has 0 radical (unpaired) electrons. The van der Waals surface area contributed by atoms with Crippen molar-refractivity contribution in [3.63, 3.8) is 0 Å². The Balaban J connectivity index is 1.48. The maximum Gasteiger partial charge on any atom is 0.204 e. The molecule has 0 fully saturated rings. The van der Waals surface area contributed by atoms with Crippen molar-refractivity contribution in [2.24, 2.45) is 0 Å². The molecule has 4 aliphatic rings. The molecule has 4 heterocycles. The van der Waals surface area contributed by atoms with Crippen molar-refractivity contribution >= 4 is 0 Å². The molecule has 47 heavy (non-hydrogen) atoms. The molecule has 8 rings (SSSR count). The van der Waals surface area contributed by atoms with E-state index >= 15 is 0 Å². The number of likely N-dealkylation sites (N-methyl/N-ethyl adjacent to an activating group) is 2. The third-order valence-electron chi connectivity index (χ3n) is 10.1. The van der Waals surface area contributed by atoms with Crippen LogP contribution >= 0.6 is 0 Å². The van der Waals surface area contributed by atoms with Crippen LogP contribution in [0.3, 0.4) is 0 Å². The van der Waals surface area contributed by atoms with E-state index in [0.717, 1.165) is 62.2 Å². The quantitative estimate of drug-likeness (QED) is 0.223. The van der Waals surface area contributed by atoms with Crippen LogP contribution in [0.1, 0.15) is 52.4 Å². The fraction of sp³-hybridized carbons (Fsp3) is 0.385. The van der Waals surface area contributed by atoms with Crippen LogP contribution in [0.2, 0.25) is 0 Å². The van der Waals surface area contributed by atoms with E-state index in [0.29, 0.717) is 40.2 Å². The Kier molecular flexibility index (Phi) is 8.64. The lowest BCUT2D eigenvalue weighted by Gasteiger charge is -2.39. The Morgan fingerprint density at radius 3 is 2.09 bits per heavy atom. The Labute approximate surface area is 277 Å². The molecule has 4 aromatic rings. The van der Waals surface area contributed by atoms with Gasteiger partial charge in [-0.1, -0.05) is 25.1 Å². The smallest absolute Gasteiger partial charge is 0.204 e. The lowest BCUT2D eigenvalue weighted by Crippen LogP contribution is -2.37. The number of nitrogens with zero attached hydrogens (tertiary/aromatic N) is 2. The third kappa shape index (κ3) is 5.74. The Bertz CT molecular complexity index is 1770. The zero-order valence-corrected chi connectivity index (χ0v) is 28.2. The summed E-state index contributed by atoms with van der Waals surface area (Å²) in [7, 11) is 8.96. The second-order valence-corrected chi connectivity index (χ2v) is 12.6. The number of methoxy groups -OCH3 is 4. The highest BCUT2D eigenvalue weighted by atomic mass is 16.5. The van der Waals surface area contributed by atoms with Gasteiger partial charge in [0, 0.05) is 30.7 Å². The molecule has 4 aromatic carbocycles. The van der Waals surface area contributed by atoms with Crippen molar-refractivity contribution in [3.05, 3.63) is 94.0 Å². The van der Waals surface area contributed by atoms with Gasteiger partial charge in [-0.3, -0.25) is 9.80 Å². The first-order valence-corrected chi connectivity index (χ1v) is 16.5. The minimum absolute atomic E-state index is 0.0143. The van der Waals surface area contributed by atoms with Crippen LogP contribution in [0, 0.1) is 0 Å². The van der Waals surface area contributed by atoms with E-state index in [1.165, 1.54) is 22.3 Å². The second kappa shape index (κ2) is 13.0. The van der Waals surface area contributed by atoms with Gasteiger partial charge in [0.2, 0.25) is 5.75 Å². The molecule has 2 atom stereocenters. The summed E-state index contributed by atoms with van der Waals surface area (Å²) in [5.41, 5.74) is 7.20. The molecule has 0 spiro atoms. The standard InChI is InChI=1S/C39H44N2O6/c1-7-41-17-15-27-22-36(44-5)38(45-6)39-37(27)31(41)19-25-10-13-32(42-3)34(20-25)46-28-11-8-24(9-12-28)18-30-29-23-35(47-39)33(43-4)21-26(29)14-16-40(30)2/h8-13,20-23,30-31H,7,14-19H2,1-6H3/t30-,31-/m0/s1. The van der Waals surface area contributed by atoms with Crippen molar-refractivity contribution < 1.29 is 28.4 Å². The van der Waals surface area contributed by atoms with Crippen LogP contribution in [0.25, 0.3) is 0 Å². The van der Waals surface area contributed by atoms with Crippen molar-refractivity contribution in [2.75, 3.05) is 55.1 Å². The highest BCUT2D eigenvalue weighted by Crippen LogP contribution is 2.52. The van der Waals surface area contributed by atoms with E-state index in [9.17, 15) is 0 Å². The number of benzene rings is 4. The predicted molar refractivity (Wildman–Crippen MR) is 182 cm³/mol. The normalized spacial score (nSPS) is 19.0. The average molecular weight is 637 g/mol. The Morgan fingerprint density at radius 1 is 0.681 bits per heavy atom. The fourth-order valence-electron chi connectivity index (χ4n) is 7.56. The summed E-state index contributed by atoms with van der Waals surface area (Å²) in [6, 6.07) is 21.3. The van der Waals surface area contributed by atoms with Gasteiger partial charge in [-0.2, -0.15) is 0 Å². The minimum Gasteiger partial charge on any atom is -0.493 e. The van der Waals surface area contributed by atoms with E-state index in [2.05, 4.69) is 78.4 Å². The first-order valence-electron chi connectivity index (χ1n) is 16.5. The summed E-state index contributed by atoms with van der Waals surface area (Å²) in [5, 5.41) is 0. The third-order valence-corrected chi connectivity index (χ3v) is 10.1. The summed E-state index contributed by atoms with van der Waals surface area (Å²) in [6.45, 7) is 4.99. The van der Waals surface area contributed by atoms with E-state index in [1.807, 2.05) is 6.07 Å². The highest BCUT2D eigenvalue weighted by Gasteiger charge is 2.35. The number of fused-ring (bicyclic) bond motifs is 2. The SMILES string of the molecule is CCN1CCc2cc(OC)c(OC)c3c2[C@@H]1Cc1ccc(OC)c(c1)Oc1ccc(cc1)C[C@H]1c2cc(c(OC)cc2CCN1C)O3. The lowest BCUT2D eigenvalue weighted by molar-refractivity contribution is 0.188. The van der Waals surface area contributed by atoms with E-state index in [1.54, 1.807) is 28.4 Å². The van der Waals surface area contributed by atoms with Crippen LogP contribution in [0.4, 0.5) is 0 Å². The molecule has 4 aliphatic heterocycles. The molecule has 8 nitrogen and oxygen atoms in total. The van der Waals surface area contributed by atoms with Gasteiger partial charge in [-0.05, 0) is 110 Å². The highest BCUT2D eigenvalue weighted by molar-refractivity contribution is 5.64. The molecular weight excluding hydrogens is 592 g/mol. The topological polar surface area (TPSA) is 61.9 Å². The maximum atomic E-state index is 7.07. The fourth-order valence-corrected chi connectivity index (χ4v) is 7.56. The largest absolute Gasteiger partial charge is 0.493 e. The molecule has 246 valence electrons. The zero-order chi connectivity index (χ0) is 32.7. The van der Waals surface area contributed by atoms with Gasteiger partial charge in [0.1, 0.15) is 5.75 Å². The number of rotatable bonds is 5. The zero-order valence-electron chi connectivity index (χ0n) is 28.2. The monoisotopic (exact) mass is 636 g/mol. The van der Waals surface area contributed by atoms with E-state index in [-0.39, 0.29) is 12.1 Å². The van der Waals surface area contributed by atoms with Gasteiger partial charge in [-0.25, -0.2) is 0 Å². The molecule has 0 saturated carbocycles. The molecule has 0 saturated heterocycles. The summed E-state index contributed by atoms with van der Waals surface area (Å²) >= 11 is 0. The lowest BCUT2D eigenvalue weighted by atomic mass is 9.87. The van der Waals surface area contributed by atoms with Crippen molar-refractivity contribution in [1.29, 1.82) is 0 Å². The summed E-state index contributed by atoms with van der Waals surface area (Å²) in [6.07, 6.45) is 3.40. The van der Waals surface area contributed by atoms with Crippen LogP contribution in [-0.4, -0.2) is 64.9 Å². The van der Waals surface area contributed by atoms with Gasteiger partial charge in [-0.15, -0.1) is 0 Å². The predicted octanol–water partition coefficient (Wildman–Crippen LogP) is 7.55. The van der Waals surface area contributed by atoms with E-state index < -0.39 is 0 Å². The maximum absolute atomic E-state index is 7.07. The molecule has 0 amide bonds. The van der Waals surface area contributed by atoms with Gasteiger partial charge in [0.15, 0.2) is 34.5 Å². The first kappa shape index (κ1) is 31.2. The first-order chi connectivity index (χ1) is 22.9.